The van der Waals surface area contributed by atoms with Crippen LogP contribution in [0, 0.1) is 5.82 Å². The molecule has 0 aromatic heterocycles. The minimum absolute atomic E-state index is 0.00813. The zero-order valence-electron chi connectivity index (χ0n) is 9.89. The highest BCUT2D eigenvalue weighted by Gasteiger charge is 2.16. The van der Waals surface area contributed by atoms with Crippen LogP contribution in [-0.4, -0.2) is 42.7 Å². The van der Waals surface area contributed by atoms with Gasteiger partial charge in [-0.2, -0.15) is 0 Å². The summed E-state index contributed by atoms with van der Waals surface area (Å²) in [4.78, 5) is 12.4. The maximum absolute atomic E-state index is 12.6. The quantitative estimate of drug-likeness (QED) is 0.822. The largest absolute Gasteiger partial charge is 0.492 e. The second-order valence-electron chi connectivity index (χ2n) is 3.98. The molecule has 1 rings (SSSR count). The highest BCUT2D eigenvalue weighted by molar-refractivity contribution is 5.67. The van der Waals surface area contributed by atoms with Crippen LogP contribution in [0.3, 0.4) is 0 Å². The molecule has 0 saturated heterocycles. The second-order valence-corrected chi connectivity index (χ2v) is 3.98. The molecule has 0 radical (unpaired) electrons. The van der Waals surface area contributed by atoms with Crippen LogP contribution in [0.5, 0.6) is 5.75 Å². The number of carbonyl (C=O) groups is 1. The van der Waals surface area contributed by atoms with Gasteiger partial charge in [0.05, 0.1) is 12.5 Å². The lowest BCUT2D eigenvalue weighted by Crippen LogP contribution is -2.35. The summed E-state index contributed by atoms with van der Waals surface area (Å²) < 4.78 is 18.1. The van der Waals surface area contributed by atoms with Crippen molar-refractivity contribution in [3.63, 3.8) is 0 Å². The van der Waals surface area contributed by atoms with Crippen molar-refractivity contribution in [2.45, 2.75) is 12.5 Å². The van der Waals surface area contributed by atoms with E-state index in [9.17, 15) is 9.18 Å². The number of hydrogen-bond donors (Lipinski definition) is 1. The number of carboxylic acid groups (broad SMARTS) is 1. The first-order chi connectivity index (χ1) is 7.99. The minimum atomic E-state index is -0.869. The van der Waals surface area contributed by atoms with E-state index in [0.29, 0.717) is 5.75 Å². The van der Waals surface area contributed by atoms with Gasteiger partial charge in [0.15, 0.2) is 0 Å². The topological polar surface area (TPSA) is 49.8 Å². The van der Waals surface area contributed by atoms with Crippen molar-refractivity contribution in [3.05, 3.63) is 30.1 Å². The number of carboxylic acids is 1. The Labute approximate surface area is 99.6 Å². The maximum Gasteiger partial charge on any atom is 0.305 e. The van der Waals surface area contributed by atoms with Crippen molar-refractivity contribution < 1.29 is 19.0 Å². The number of aliphatic carboxylic acids is 1. The van der Waals surface area contributed by atoms with Gasteiger partial charge in [-0.25, -0.2) is 4.39 Å². The van der Waals surface area contributed by atoms with Gasteiger partial charge < -0.3 is 14.7 Å². The second kappa shape index (κ2) is 6.20. The summed E-state index contributed by atoms with van der Waals surface area (Å²) in [6.45, 7) is 0.255. The van der Waals surface area contributed by atoms with E-state index >= 15 is 0 Å². The molecule has 17 heavy (non-hydrogen) atoms. The average molecular weight is 241 g/mol. The molecule has 0 aliphatic rings. The lowest BCUT2D eigenvalue weighted by molar-refractivity contribution is -0.138. The number of halogens is 1. The molecule has 0 amide bonds. The summed E-state index contributed by atoms with van der Waals surface area (Å²) in [6.07, 6.45) is 0.00813. The molecule has 5 heteroatoms. The van der Waals surface area contributed by atoms with Gasteiger partial charge in [0.2, 0.25) is 0 Å². The fourth-order valence-electron chi connectivity index (χ4n) is 1.32. The molecular weight excluding hydrogens is 225 g/mol. The van der Waals surface area contributed by atoms with E-state index in [1.165, 1.54) is 24.3 Å². The molecule has 94 valence electrons. The van der Waals surface area contributed by atoms with E-state index in [-0.39, 0.29) is 24.9 Å². The summed E-state index contributed by atoms with van der Waals surface area (Å²) >= 11 is 0. The van der Waals surface area contributed by atoms with Crippen LogP contribution in [0.4, 0.5) is 4.39 Å². The lowest BCUT2D eigenvalue weighted by atomic mass is 10.2. The molecule has 0 fully saturated rings. The van der Waals surface area contributed by atoms with Crippen molar-refractivity contribution in [2.75, 3.05) is 20.7 Å². The van der Waals surface area contributed by atoms with Gasteiger partial charge in [-0.15, -0.1) is 0 Å². The third-order valence-electron chi connectivity index (χ3n) is 2.40. The Morgan fingerprint density at radius 2 is 2.00 bits per heavy atom. The van der Waals surface area contributed by atoms with Crippen LogP contribution in [0.25, 0.3) is 0 Å². The standard InChI is InChI=1S/C12H16FNO3/c1-14(2)10(7-12(15)16)8-17-11-5-3-9(13)4-6-11/h3-6,10H,7-8H2,1-2H3,(H,15,16). The summed E-state index contributed by atoms with van der Waals surface area (Å²) in [5.41, 5.74) is 0. The molecule has 0 spiro atoms. The van der Waals surface area contributed by atoms with Gasteiger partial charge in [-0.05, 0) is 38.4 Å². The SMILES string of the molecule is CN(C)C(COc1ccc(F)cc1)CC(=O)O. The Morgan fingerprint density at radius 1 is 1.41 bits per heavy atom. The molecule has 1 aromatic carbocycles. The monoisotopic (exact) mass is 241 g/mol. The van der Waals surface area contributed by atoms with Crippen LogP contribution in [0.1, 0.15) is 6.42 Å². The first-order valence-electron chi connectivity index (χ1n) is 5.25. The molecule has 1 N–H and O–H groups in total. The van der Waals surface area contributed by atoms with Gasteiger partial charge in [-0.1, -0.05) is 0 Å². The van der Waals surface area contributed by atoms with Gasteiger partial charge in [-0.3, -0.25) is 4.79 Å². The summed E-state index contributed by atoms with van der Waals surface area (Å²) in [5.74, 6) is -0.665. The average Bonchev–Trinajstić information content (AvgIpc) is 2.25. The van der Waals surface area contributed by atoms with Crippen LogP contribution < -0.4 is 4.74 Å². The van der Waals surface area contributed by atoms with Crippen LogP contribution in [0.2, 0.25) is 0 Å². The Morgan fingerprint density at radius 3 is 2.47 bits per heavy atom. The Kier molecular flexibility index (Phi) is 4.90. The predicted octanol–water partition coefficient (Wildman–Crippen LogP) is 1.61. The van der Waals surface area contributed by atoms with Crippen LogP contribution >= 0.6 is 0 Å². The van der Waals surface area contributed by atoms with Gasteiger partial charge in [0.25, 0.3) is 0 Å². The predicted molar refractivity (Wildman–Crippen MR) is 61.6 cm³/mol. The van der Waals surface area contributed by atoms with Crippen molar-refractivity contribution in [3.8, 4) is 5.75 Å². The maximum atomic E-state index is 12.6. The lowest BCUT2D eigenvalue weighted by Gasteiger charge is -2.22. The molecule has 0 bridgehead atoms. The molecule has 0 aliphatic heterocycles. The highest BCUT2D eigenvalue weighted by Crippen LogP contribution is 2.12. The van der Waals surface area contributed by atoms with Crippen molar-refractivity contribution in [2.24, 2.45) is 0 Å². The molecule has 0 saturated carbocycles. The van der Waals surface area contributed by atoms with Gasteiger partial charge in [0.1, 0.15) is 18.2 Å². The van der Waals surface area contributed by atoms with Crippen LogP contribution in [-0.2, 0) is 4.79 Å². The summed E-state index contributed by atoms with van der Waals surface area (Å²) in [5, 5.41) is 8.73. The molecule has 0 heterocycles. The Bertz CT molecular complexity index is 365. The van der Waals surface area contributed by atoms with E-state index in [1.807, 2.05) is 0 Å². The first kappa shape index (κ1) is 13.4. The number of rotatable bonds is 6. The molecule has 1 aromatic rings. The fraction of sp³-hybridized carbons (Fsp3) is 0.417. The molecule has 4 nitrogen and oxygen atoms in total. The van der Waals surface area contributed by atoms with Gasteiger partial charge >= 0.3 is 5.97 Å². The zero-order valence-corrected chi connectivity index (χ0v) is 9.89. The molecule has 0 aliphatic carbocycles. The third kappa shape index (κ3) is 4.82. The minimum Gasteiger partial charge on any atom is -0.492 e. The number of benzene rings is 1. The normalized spacial score (nSPS) is 12.5. The number of hydrogen-bond acceptors (Lipinski definition) is 3. The fourth-order valence-corrected chi connectivity index (χ4v) is 1.32. The van der Waals surface area contributed by atoms with E-state index < -0.39 is 5.97 Å². The Balaban J connectivity index is 2.51. The summed E-state index contributed by atoms with van der Waals surface area (Å²) in [7, 11) is 3.59. The van der Waals surface area contributed by atoms with Gasteiger partial charge in [0, 0.05) is 0 Å². The molecule has 1 atom stereocenters. The van der Waals surface area contributed by atoms with E-state index in [0.717, 1.165) is 0 Å². The van der Waals surface area contributed by atoms with Crippen molar-refractivity contribution >= 4 is 5.97 Å². The number of nitrogens with zero attached hydrogens (tertiary/aromatic N) is 1. The Hall–Kier alpha value is -1.62. The number of likely N-dealkylation sites (N-methyl/N-ethyl adjacent to an activating group) is 1. The van der Waals surface area contributed by atoms with E-state index in [2.05, 4.69) is 0 Å². The summed E-state index contributed by atoms with van der Waals surface area (Å²) in [6, 6.07) is 5.43. The highest BCUT2D eigenvalue weighted by atomic mass is 19.1. The van der Waals surface area contributed by atoms with Crippen molar-refractivity contribution in [1.29, 1.82) is 0 Å². The van der Waals surface area contributed by atoms with Crippen molar-refractivity contribution in [1.82, 2.24) is 4.90 Å². The molecule has 1 unspecified atom stereocenters. The van der Waals surface area contributed by atoms with E-state index in [1.54, 1.807) is 19.0 Å². The van der Waals surface area contributed by atoms with E-state index in [4.69, 9.17) is 9.84 Å². The first-order valence-corrected chi connectivity index (χ1v) is 5.25. The smallest absolute Gasteiger partial charge is 0.305 e. The zero-order chi connectivity index (χ0) is 12.8. The van der Waals surface area contributed by atoms with Crippen LogP contribution in [0.15, 0.2) is 24.3 Å². The molecular formula is C12H16FNO3. The third-order valence-corrected chi connectivity index (χ3v) is 2.40. The number of ether oxygens (including phenoxy) is 1.